The van der Waals surface area contributed by atoms with Gasteiger partial charge < -0.3 is 4.57 Å². The van der Waals surface area contributed by atoms with Gasteiger partial charge in [0.2, 0.25) is 0 Å². The van der Waals surface area contributed by atoms with Crippen LogP contribution in [-0.2, 0) is 26.4 Å². The number of aryl methyl sites for hydroxylation is 1. The largest absolute Gasteiger partial charge is 0.332 e. The van der Waals surface area contributed by atoms with Gasteiger partial charge in [-0.25, -0.2) is 9.78 Å². The van der Waals surface area contributed by atoms with Crippen molar-refractivity contribution in [3.63, 3.8) is 0 Å². The van der Waals surface area contributed by atoms with Gasteiger partial charge in [0, 0.05) is 36.7 Å². The molecule has 0 fully saturated rings. The molecule has 0 bridgehead atoms. The van der Waals surface area contributed by atoms with Crippen molar-refractivity contribution in [2.45, 2.75) is 17.5 Å². The van der Waals surface area contributed by atoms with E-state index in [4.69, 9.17) is 0 Å². The van der Waals surface area contributed by atoms with Crippen LogP contribution in [0.3, 0.4) is 0 Å². The molecule has 9 heteroatoms. The molecule has 0 aliphatic carbocycles. The molecule has 29 heavy (non-hydrogen) atoms. The Balaban J connectivity index is 1.86. The fourth-order valence-corrected chi connectivity index (χ4v) is 4.53. The van der Waals surface area contributed by atoms with Crippen LogP contribution in [0.4, 0.5) is 0 Å². The summed E-state index contributed by atoms with van der Waals surface area (Å²) in [5.74, 6) is 0.679. The highest BCUT2D eigenvalue weighted by molar-refractivity contribution is 9.10. The number of rotatable bonds is 5. The molecule has 0 aliphatic rings. The van der Waals surface area contributed by atoms with Crippen molar-refractivity contribution in [1.82, 2.24) is 23.7 Å². The molecule has 0 unspecified atom stereocenters. The lowest BCUT2D eigenvalue weighted by molar-refractivity contribution is 0.696. The molecular weight excluding hydrogens is 454 g/mol. The second-order valence-electron chi connectivity index (χ2n) is 6.63. The van der Waals surface area contributed by atoms with Crippen molar-refractivity contribution in [1.29, 1.82) is 0 Å². The third kappa shape index (κ3) is 3.79. The summed E-state index contributed by atoms with van der Waals surface area (Å²) in [7, 11) is 3.13. The maximum atomic E-state index is 12.9. The summed E-state index contributed by atoms with van der Waals surface area (Å²) in [6, 6.07) is 11.8. The highest BCUT2D eigenvalue weighted by atomic mass is 79.9. The van der Waals surface area contributed by atoms with Crippen LogP contribution in [0.1, 0.15) is 11.1 Å². The topological polar surface area (TPSA) is 74.7 Å². The number of halogens is 1. The van der Waals surface area contributed by atoms with Gasteiger partial charge >= 0.3 is 5.69 Å². The van der Waals surface area contributed by atoms with Crippen molar-refractivity contribution in [3.8, 4) is 0 Å². The van der Waals surface area contributed by atoms with E-state index in [0.29, 0.717) is 28.6 Å². The molecule has 0 N–H and O–H groups in total. The van der Waals surface area contributed by atoms with Gasteiger partial charge in [-0.2, -0.15) is 0 Å². The number of fused-ring (bicyclic) bond motifs is 1. The zero-order valence-electron chi connectivity index (χ0n) is 15.9. The summed E-state index contributed by atoms with van der Waals surface area (Å²) >= 11 is 5.02. The second kappa shape index (κ2) is 8.00. The Kier molecular flexibility index (Phi) is 5.42. The fourth-order valence-electron chi connectivity index (χ4n) is 3.13. The number of aromatic nitrogens is 5. The quantitative estimate of drug-likeness (QED) is 0.418. The first-order valence-electron chi connectivity index (χ1n) is 8.88. The van der Waals surface area contributed by atoms with Crippen LogP contribution in [-0.4, -0.2) is 23.7 Å². The fraction of sp³-hybridized carbons (Fsp3) is 0.200. The number of hydrogen-bond donors (Lipinski definition) is 0. The minimum atomic E-state index is -0.389. The van der Waals surface area contributed by atoms with Gasteiger partial charge in [-0.3, -0.25) is 18.9 Å². The number of benzene rings is 1. The average Bonchev–Trinajstić information content (AvgIpc) is 3.08. The lowest BCUT2D eigenvalue weighted by Gasteiger charge is -2.10. The van der Waals surface area contributed by atoms with Gasteiger partial charge in [0.05, 0.1) is 6.54 Å². The maximum Gasteiger partial charge on any atom is 0.332 e. The summed E-state index contributed by atoms with van der Waals surface area (Å²) in [4.78, 5) is 34.0. The summed E-state index contributed by atoms with van der Waals surface area (Å²) in [5, 5.41) is 0.690. The molecule has 4 aromatic rings. The van der Waals surface area contributed by atoms with Gasteiger partial charge in [-0.1, -0.05) is 39.8 Å². The molecule has 7 nitrogen and oxygen atoms in total. The Bertz CT molecular complexity index is 1310. The summed E-state index contributed by atoms with van der Waals surface area (Å²) in [6.45, 7) is 0.474. The molecule has 0 amide bonds. The first kappa shape index (κ1) is 19.7. The molecule has 1 aromatic carbocycles. The molecule has 0 spiro atoms. The SMILES string of the molecule is Cn1c(=O)c2c(nc(SCc3ccncc3)n2Cc2cccc(Br)c2)n(C)c1=O. The van der Waals surface area contributed by atoms with E-state index in [9.17, 15) is 9.59 Å². The Morgan fingerprint density at radius 3 is 2.52 bits per heavy atom. The highest BCUT2D eigenvalue weighted by Gasteiger charge is 2.19. The number of imidazole rings is 1. The van der Waals surface area contributed by atoms with Crippen molar-refractivity contribution in [3.05, 3.63) is 85.2 Å². The monoisotopic (exact) mass is 471 g/mol. The predicted octanol–water partition coefficient (Wildman–Crippen LogP) is 2.93. The Morgan fingerprint density at radius 2 is 1.79 bits per heavy atom. The summed E-state index contributed by atoms with van der Waals surface area (Å²) in [6.07, 6.45) is 3.50. The van der Waals surface area contributed by atoms with Crippen LogP contribution in [0.2, 0.25) is 0 Å². The van der Waals surface area contributed by atoms with Crippen LogP contribution in [0.15, 0.2) is 68.0 Å². The van der Waals surface area contributed by atoms with E-state index in [0.717, 1.165) is 20.2 Å². The highest BCUT2D eigenvalue weighted by Crippen LogP contribution is 2.26. The van der Waals surface area contributed by atoms with E-state index in [1.807, 2.05) is 41.0 Å². The van der Waals surface area contributed by atoms with E-state index in [-0.39, 0.29) is 11.2 Å². The lowest BCUT2D eigenvalue weighted by Crippen LogP contribution is -2.37. The van der Waals surface area contributed by atoms with Crippen LogP contribution in [0, 0.1) is 0 Å². The lowest BCUT2D eigenvalue weighted by atomic mass is 10.2. The van der Waals surface area contributed by atoms with Crippen molar-refractivity contribution < 1.29 is 0 Å². The molecule has 148 valence electrons. The smallest absolute Gasteiger partial charge is 0.309 e. The molecule has 0 atom stereocenters. The molecule has 0 saturated heterocycles. The van der Waals surface area contributed by atoms with E-state index in [1.54, 1.807) is 19.4 Å². The standard InChI is InChI=1S/C20H18BrN5O2S/c1-24-17-16(18(27)25(2)20(24)28)26(11-14-4-3-5-15(21)10-14)19(23-17)29-12-13-6-8-22-9-7-13/h3-10H,11-12H2,1-2H3. The third-order valence-corrected chi connectivity index (χ3v) is 6.20. The van der Waals surface area contributed by atoms with Gasteiger partial charge in [-0.15, -0.1) is 0 Å². The van der Waals surface area contributed by atoms with E-state index < -0.39 is 0 Å². The molecule has 4 rings (SSSR count). The van der Waals surface area contributed by atoms with Gasteiger partial charge in [0.25, 0.3) is 5.56 Å². The number of pyridine rings is 1. The van der Waals surface area contributed by atoms with Crippen molar-refractivity contribution in [2.24, 2.45) is 14.1 Å². The van der Waals surface area contributed by atoms with Crippen LogP contribution < -0.4 is 11.2 Å². The van der Waals surface area contributed by atoms with Crippen molar-refractivity contribution >= 4 is 38.9 Å². The summed E-state index contributed by atoms with van der Waals surface area (Å²) in [5.41, 5.74) is 2.21. The maximum absolute atomic E-state index is 12.9. The zero-order valence-corrected chi connectivity index (χ0v) is 18.3. The number of thioether (sulfide) groups is 1. The number of hydrogen-bond acceptors (Lipinski definition) is 5. The molecular formula is C20H18BrN5O2S. The van der Waals surface area contributed by atoms with E-state index >= 15 is 0 Å². The first-order chi connectivity index (χ1) is 14.0. The van der Waals surface area contributed by atoms with Gasteiger partial charge in [0.15, 0.2) is 16.3 Å². The minimum absolute atomic E-state index is 0.346. The normalized spacial score (nSPS) is 11.3. The van der Waals surface area contributed by atoms with Crippen LogP contribution >= 0.6 is 27.7 Å². The number of nitrogens with zero attached hydrogens (tertiary/aromatic N) is 5. The van der Waals surface area contributed by atoms with Crippen LogP contribution in [0.5, 0.6) is 0 Å². The molecule has 0 saturated carbocycles. The first-order valence-corrected chi connectivity index (χ1v) is 10.7. The zero-order chi connectivity index (χ0) is 20.5. The molecule has 3 heterocycles. The molecule has 0 radical (unpaired) electrons. The molecule has 0 aliphatic heterocycles. The summed E-state index contributed by atoms with van der Waals surface area (Å²) < 4.78 is 5.40. The Morgan fingerprint density at radius 1 is 1.03 bits per heavy atom. The predicted molar refractivity (Wildman–Crippen MR) is 117 cm³/mol. The Hall–Kier alpha value is -2.65. The van der Waals surface area contributed by atoms with Crippen molar-refractivity contribution in [2.75, 3.05) is 0 Å². The van der Waals surface area contributed by atoms with E-state index in [1.165, 1.54) is 23.4 Å². The third-order valence-electron chi connectivity index (χ3n) is 4.66. The molecule has 3 aromatic heterocycles. The van der Waals surface area contributed by atoms with Gasteiger partial charge in [0.1, 0.15) is 0 Å². The Labute approximate surface area is 179 Å². The van der Waals surface area contributed by atoms with Crippen LogP contribution in [0.25, 0.3) is 11.2 Å². The second-order valence-corrected chi connectivity index (χ2v) is 8.49. The average molecular weight is 472 g/mol. The van der Waals surface area contributed by atoms with Gasteiger partial charge in [-0.05, 0) is 35.4 Å². The minimum Gasteiger partial charge on any atom is -0.309 e. The van der Waals surface area contributed by atoms with E-state index in [2.05, 4.69) is 25.9 Å².